The second-order valence-corrected chi connectivity index (χ2v) is 5.55. The predicted molar refractivity (Wildman–Crippen MR) is 102 cm³/mol. The summed E-state index contributed by atoms with van der Waals surface area (Å²) in [6.07, 6.45) is 9.01. The van der Waals surface area contributed by atoms with E-state index in [9.17, 15) is 10.5 Å². The third-order valence-corrected chi connectivity index (χ3v) is 3.71. The first-order valence-electron chi connectivity index (χ1n) is 7.66. The molecule has 0 radical (unpaired) electrons. The molecule has 0 atom stereocenters. The van der Waals surface area contributed by atoms with Crippen LogP contribution in [0, 0.1) is 35.0 Å². The van der Waals surface area contributed by atoms with Gasteiger partial charge < -0.3 is 4.90 Å². The quantitative estimate of drug-likeness (QED) is 0.480. The van der Waals surface area contributed by atoms with Gasteiger partial charge in [0.2, 0.25) is 0 Å². The number of nitrogens with zero attached hydrogens (tertiary/aromatic N) is 3. The maximum absolute atomic E-state index is 9.27. The van der Waals surface area contributed by atoms with E-state index >= 15 is 0 Å². The number of terminal acetylenes is 1. The zero-order valence-corrected chi connectivity index (χ0v) is 14.2. The lowest BCUT2D eigenvalue weighted by atomic mass is 9.99. The Hall–Kier alpha value is -3.74. The lowest BCUT2D eigenvalue weighted by molar-refractivity contribution is 1.13. The molecule has 3 nitrogen and oxygen atoms in total. The van der Waals surface area contributed by atoms with Crippen molar-refractivity contribution in [1.29, 1.82) is 10.5 Å². The van der Waals surface area contributed by atoms with Gasteiger partial charge in [0.05, 0.1) is 0 Å². The van der Waals surface area contributed by atoms with Crippen molar-refractivity contribution in [2.45, 2.75) is 0 Å². The molecular weight excluding hydrogens is 306 g/mol. The van der Waals surface area contributed by atoms with Gasteiger partial charge in [0.1, 0.15) is 17.7 Å². The summed E-state index contributed by atoms with van der Waals surface area (Å²) in [5.41, 5.74) is 4.29. The summed E-state index contributed by atoms with van der Waals surface area (Å²) in [4.78, 5) is 1.99. The van der Waals surface area contributed by atoms with Crippen LogP contribution in [-0.4, -0.2) is 14.1 Å². The lowest BCUT2D eigenvalue weighted by Gasteiger charge is -2.13. The van der Waals surface area contributed by atoms with Crippen LogP contribution in [0.2, 0.25) is 0 Å². The van der Waals surface area contributed by atoms with Gasteiger partial charge >= 0.3 is 0 Å². The average molecular weight is 323 g/mol. The van der Waals surface area contributed by atoms with Gasteiger partial charge in [0.25, 0.3) is 0 Å². The number of nitriles is 2. The Kier molecular flexibility index (Phi) is 5.78. The highest BCUT2D eigenvalue weighted by molar-refractivity contribution is 5.85. The molecule has 0 bridgehead atoms. The van der Waals surface area contributed by atoms with E-state index in [4.69, 9.17) is 6.42 Å². The van der Waals surface area contributed by atoms with E-state index in [-0.39, 0.29) is 5.57 Å². The zero-order valence-electron chi connectivity index (χ0n) is 14.2. The minimum absolute atomic E-state index is 0.0779. The van der Waals surface area contributed by atoms with Crippen LogP contribution in [0.5, 0.6) is 0 Å². The molecule has 120 valence electrons. The molecule has 0 saturated carbocycles. The van der Waals surface area contributed by atoms with Gasteiger partial charge in [-0.2, -0.15) is 10.5 Å². The Morgan fingerprint density at radius 2 is 1.56 bits per heavy atom. The fourth-order valence-corrected chi connectivity index (χ4v) is 2.28. The number of hydrogen-bond donors (Lipinski definition) is 0. The number of anilines is 1. The van der Waals surface area contributed by atoms with E-state index in [1.807, 2.05) is 85.7 Å². The van der Waals surface area contributed by atoms with E-state index in [1.54, 1.807) is 6.08 Å². The fourth-order valence-electron chi connectivity index (χ4n) is 2.28. The highest BCUT2D eigenvalue weighted by Gasteiger charge is 2.07. The van der Waals surface area contributed by atoms with Crippen molar-refractivity contribution < 1.29 is 0 Å². The molecular formula is C22H17N3. The molecule has 3 heteroatoms. The molecule has 0 heterocycles. The van der Waals surface area contributed by atoms with Crippen LogP contribution in [0.25, 0.3) is 11.6 Å². The Bertz CT molecular complexity index is 907. The van der Waals surface area contributed by atoms with Crippen molar-refractivity contribution in [3.63, 3.8) is 0 Å². The second-order valence-electron chi connectivity index (χ2n) is 5.55. The highest BCUT2D eigenvalue weighted by atomic mass is 15.1. The van der Waals surface area contributed by atoms with E-state index in [0.29, 0.717) is 5.57 Å². The molecule has 0 saturated heterocycles. The third kappa shape index (κ3) is 4.38. The standard InChI is InChI=1S/C22H17N3/c1-4-17-5-7-18(8-6-17)9-14-22(20(15-23)16-24)19-10-12-21(13-11-19)25(2)3/h1,5-14H,2-3H3/b14-9+. The first-order chi connectivity index (χ1) is 12.1. The minimum atomic E-state index is 0.0779. The van der Waals surface area contributed by atoms with E-state index in [2.05, 4.69) is 5.92 Å². The first kappa shape index (κ1) is 17.6. The molecule has 2 rings (SSSR count). The van der Waals surface area contributed by atoms with E-state index in [1.165, 1.54) is 0 Å². The number of hydrogen-bond acceptors (Lipinski definition) is 3. The summed E-state index contributed by atoms with van der Waals surface area (Å²) >= 11 is 0. The molecule has 0 aliphatic carbocycles. The number of allylic oxidation sites excluding steroid dienone is 3. The van der Waals surface area contributed by atoms with Gasteiger partial charge in [-0.05, 0) is 35.4 Å². The predicted octanol–water partition coefficient (Wildman–Crippen LogP) is 4.25. The smallest absolute Gasteiger partial charge is 0.137 e. The van der Waals surface area contributed by atoms with Gasteiger partial charge in [0, 0.05) is 30.9 Å². The molecule has 25 heavy (non-hydrogen) atoms. The number of rotatable bonds is 4. The SMILES string of the molecule is C#Cc1ccc(/C=C/C(=C(C#N)C#N)c2ccc(N(C)C)cc2)cc1. The van der Waals surface area contributed by atoms with Crippen molar-refractivity contribution in [3.8, 4) is 24.5 Å². The second kappa shape index (κ2) is 8.21. The van der Waals surface area contributed by atoms with Crippen molar-refractivity contribution in [3.05, 3.63) is 76.9 Å². The lowest BCUT2D eigenvalue weighted by Crippen LogP contribution is -2.08. The van der Waals surface area contributed by atoms with Gasteiger partial charge in [-0.3, -0.25) is 0 Å². The molecule has 0 aliphatic heterocycles. The van der Waals surface area contributed by atoms with Crippen molar-refractivity contribution in [1.82, 2.24) is 0 Å². The molecule has 0 aliphatic rings. The van der Waals surface area contributed by atoms with Crippen LogP contribution in [-0.2, 0) is 0 Å². The maximum Gasteiger partial charge on any atom is 0.137 e. The monoisotopic (exact) mass is 323 g/mol. The summed E-state index contributed by atoms with van der Waals surface area (Å²) in [5.74, 6) is 2.57. The molecule has 0 amide bonds. The Morgan fingerprint density at radius 1 is 0.960 bits per heavy atom. The summed E-state index contributed by atoms with van der Waals surface area (Å²) < 4.78 is 0. The maximum atomic E-state index is 9.27. The van der Waals surface area contributed by atoms with Gasteiger partial charge in [0.15, 0.2) is 0 Å². The fraction of sp³-hybridized carbons (Fsp3) is 0.0909. The topological polar surface area (TPSA) is 50.8 Å². The van der Waals surface area contributed by atoms with Crippen LogP contribution in [0.3, 0.4) is 0 Å². The van der Waals surface area contributed by atoms with Crippen molar-refractivity contribution >= 4 is 17.3 Å². The van der Waals surface area contributed by atoms with Crippen LogP contribution in [0.1, 0.15) is 16.7 Å². The Balaban J connectivity index is 2.42. The Labute approximate surface area is 148 Å². The summed E-state index contributed by atoms with van der Waals surface area (Å²) in [7, 11) is 3.92. The summed E-state index contributed by atoms with van der Waals surface area (Å²) in [5, 5.41) is 18.5. The zero-order chi connectivity index (χ0) is 18.2. The van der Waals surface area contributed by atoms with Crippen LogP contribution in [0.4, 0.5) is 5.69 Å². The van der Waals surface area contributed by atoms with E-state index < -0.39 is 0 Å². The molecule has 0 N–H and O–H groups in total. The normalized spacial score (nSPS) is 9.72. The largest absolute Gasteiger partial charge is 0.378 e. The van der Waals surface area contributed by atoms with Crippen molar-refractivity contribution in [2.24, 2.45) is 0 Å². The van der Waals surface area contributed by atoms with Crippen LogP contribution >= 0.6 is 0 Å². The molecule has 0 spiro atoms. The number of benzene rings is 2. The summed E-state index contributed by atoms with van der Waals surface area (Å²) in [6.45, 7) is 0. The minimum Gasteiger partial charge on any atom is -0.378 e. The van der Waals surface area contributed by atoms with Crippen LogP contribution < -0.4 is 4.90 Å². The van der Waals surface area contributed by atoms with Gasteiger partial charge in [-0.15, -0.1) is 6.42 Å². The Morgan fingerprint density at radius 3 is 2.04 bits per heavy atom. The van der Waals surface area contributed by atoms with Crippen LogP contribution in [0.15, 0.2) is 60.2 Å². The average Bonchev–Trinajstić information content (AvgIpc) is 2.65. The van der Waals surface area contributed by atoms with Crippen molar-refractivity contribution in [2.75, 3.05) is 19.0 Å². The molecule has 0 fully saturated rings. The third-order valence-electron chi connectivity index (χ3n) is 3.71. The van der Waals surface area contributed by atoms with E-state index in [0.717, 1.165) is 22.4 Å². The van der Waals surface area contributed by atoms with Gasteiger partial charge in [-0.1, -0.05) is 42.3 Å². The van der Waals surface area contributed by atoms with Gasteiger partial charge in [-0.25, -0.2) is 0 Å². The first-order valence-corrected chi connectivity index (χ1v) is 7.66. The molecule has 2 aromatic rings. The summed E-state index contributed by atoms with van der Waals surface area (Å²) in [6, 6.07) is 19.2. The molecule has 2 aromatic carbocycles. The molecule has 0 aromatic heterocycles. The molecule has 0 unspecified atom stereocenters. The highest BCUT2D eigenvalue weighted by Crippen LogP contribution is 2.24.